The molecule has 0 aromatic carbocycles. The number of nitrogens with one attached hydrogen (secondary N) is 1. The Bertz CT molecular complexity index is 464. The highest BCUT2D eigenvalue weighted by atomic mass is 16.1. The largest absolute Gasteiger partial charge is 0.315 e. The van der Waals surface area contributed by atoms with Crippen LogP contribution in [0.1, 0.15) is 50.9 Å². The third-order valence-corrected chi connectivity index (χ3v) is 3.24. The Morgan fingerprint density at radius 1 is 1.35 bits per heavy atom. The molecule has 1 aromatic rings. The lowest BCUT2D eigenvalue weighted by Crippen LogP contribution is -2.32. The van der Waals surface area contributed by atoms with E-state index in [9.17, 15) is 4.79 Å². The van der Waals surface area contributed by atoms with Crippen LogP contribution in [0.4, 0.5) is 0 Å². The molecule has 17 heavy (non-hydrogen) atoms. The quantitative estimate of drug-likeness (QED) is 0.870. The monoisotopic (exact) mass is 234 g/mol. The minimum Gasteiger partial charge on any atom is -0.315 e. The predicted octanol–water partition coefficient (Wildman–Crippen LogP) is 2.20. The maximum absolute atomic E-state index is 12.4. The summed E-state index contributed by atoms with van der Waals surface area (Å²) in [4.78, 5) is 12.4. The molecule has 1 aromatic heterocycles. The van der Waals surface area contributed by atoms with Crippen molar-refractivity contribution in [1.29, 1.82) is 0 Å². The second kappa shape index (κ2) is 4.30. The van der Waals surface area contributed by atoms with Crippen LogP contribution in [-0.4, -0.2) is 11.6 Å². The summed E-state index contributed by atoms with van der Waals surface area (Å²) in [5, 5.41) is 3.06. The zero-order chi connectivity index (χ0) is 12.6. The third kappa shape index (κ3) is 2.44. The van der Waals surface area contributed by atoms with E-state index in [0.717, 1.165) is 24.1 Å². The van der Waals surface area contributed by atoms with Crippen LogP contribution in [0.3, 0.4) is 0 Å². The molecule has 1 aliphatic rings. The van der Waals surface area contributed by atoms with E-state index in [2.05, 4.69) is 32.2 Å². The molecule has 1 N–H and O–H groups in total. The molecule has 1 fully saturated rings. The maximum Gasteiger partial charge on any atom is 0.255 e. The van der Waals surface area contributed by atoms with Crippen LogP contribution in [0, 0.1) is 0 Å². The van der Waals surface area contributed by atoms with Crippen LogP contribution < -0.4 is 10.9 Å². The van der Waals surface area contributed by atoms with E-state index in [1.807, 2.05) is 17.7 Å². The van der Waals surface area contributed by atoms with Gasteiger partial charge in [-0.3, -0.25) is 4.79 Å². The van der Waals surface area contributed by atoms with Gasteiger partial charge in [0.15, 0.2) is 0 Å². The van der Waals surface area contributed by atoms with Gasteiger partial charge in [0.2, 0.25) is 0 Å². The summed E-state index contributed by atoms with van der Waals surface area (Å²) in [6.45, 7) is 7.14. The van der Waals surface area contributed by atoms with Crippen LogP contribution in [0.15, 0.2) is 16.9 Å². The van der Waals surface area contributed by atoms with Crippen molar-refractivity contribution in [2.45, 2.75) is 51.6 Å². The Labute approximate surface area is 103 Å². The molecule has 3 nitrogen and oxygen atoms in total. The van der Waals surface area contributed by atoms with Crippen molar-refractivity contribution in [3.8, 4) is 0 Å². The zero-order valence-electron chi connectivity index (χ0n) is 11.2. The Morgan fingerprint density at radius 2 is 2.00 bits per heavy atom. The highest BCUT2D eigenvalue weighted by Crippen LogP contribution is 2.37. The molecule has 94 valence electrons. The summed E-state index contributed by atoms with van der Waals surface area (Å²) in [5.74, 6) is 0. The number of pyridine rings is 1. The van der Waals surface area contributed by atoms with Crippen LogP contribution in [-0.2, 0) is 12.0 Å². The lowest BCUT2D eigenvalue weighted by Gasteiger charge is -2.24. The molecule has 0 saturated heterocycles. The van der Waals surface area contributed by atoms with Crippen molar-refractivity contribution >= 4 is 0 Å². The van der Waals surface area contributed by atoms with Crippen LogP contribution in [0.2, 0.25) is 0 Å². The van der Waals surface area contributed by atoms with E-state index in [1.165, 1.54) is 0 Å². The predicted molar refractivity (Wildman–Crippen MR) is 70.4 cm³/mol. The fourth-order valence-electron chi connectivity index (χ4n) is 2.23. The summed E-state index contributed by atoms with van der Waals surface area (Å²) in [6, 6.07) is 4.53. The summed E-state index contributed by atoms with van der Waals surface area (Å²) in [6.07, 6.45) is 2.29. The van der Waals surface area contributed by atoms with E-state index in [0.29, 0.717) is 12.6 Å². The molecule has 1 aliphatic carbocycles. The topological polar surface area (TPSA) is 34.0 Å². The van der Waals surface area contributed by atoms with E-state index in [4.69, 9.17) is 0 Å². The van der Waals surface area contributed by atoms with Gasteiger partial charge in [0, 0.05) is 29.3 Å². The van der Waals surface area contributed by atoms with Gasteiger partial charge in [0.1, 0.15) is 0 Å². The Hall–Kier alpha value is -1.09. The second-order valence-electron chi connectivity index (χ2n) is 5.93. The smallest absolute Gasteiger partial charge is 0.255 e. The molecule has 0 amide bonds. The number of rotatable bonds is 3. The van der Waals surface area contributed by atoms with Crippen LogP contribution in [0.5, 0.6) is 0 Å². The van der Waals surface area contributed by atoms with Crippen molar-refractivity contribution in [2.24, 2.45) is 0 Å². The van der Waals surface area contributed by atoms with Gasteiger partial charge in [-0.15, -0.1) is 0 Å². The standard InChI is InChI=1S/C14H22N2O/c1-14(2,3)12-8-5-10(9-15-4)13(17)16(12)11-6-7-11/h5,8,11,15H,6-7,9H2,1-4H3. The molecule has 0 unspecified atom stereocenters. The van der Waals surface area contributed by atoms with Crippen LogP contribution in [0.25, 0.3) is 0 Å². The van der Waals surface area contributed by atoms with Crippen molar-refractivity contribution in [3.05, 3.63) is 33.7 Å². The van der Waals surface area contributed by atoms with E-state index in [-0.39, 0.29) is 11.0 Å². The number of hydrogen-bond acceptors (Lipinski definition) is 2. The maximum atomic E-state index is 12.4. The lowest BCUT2D eigenvalue weighted by atomic mass is 9.90. The van der Waals surface area contributed by atoms with Gasteiger partial charge >= 0.3 is 0 Å². The van der Waals surface area contributed by atoms with Gasteiger partial charge in [-0.2, -0.15) is 0 Å². The third-order valence-electron chi connectivity index (χ3n) is 3.24. The molecular weight excluding hydrogens is 212 g/mol. The van der Waals surface area contributed by atoms with Gasteiger partial charge in [-0.1, -0.05) is 26.8 Å². The molecule has 0 atom stereocenters. The molecule has 3 heteroatoms. The van der Waals surface area contributed by atoms with Gasteiger partial charge in [0.05, 0.1) is 0 Å². The van der Waals surface area contributed by atoms with E-state index >= 15 is 0 Å². The van der Waals surface area contributed by atoms with Crippen LogP contribution >= 0.6 is 0 Å². The van der Waals surface area contributed by atoms with Crippen molar-refractivity contribution in [1.82, 2.24) is 9.88 Å². The van der Waals surface area contributed by atoms with E-state index in [1.54, 1.807) is 0 Å². The highest BCUT2D eigenvalue weighted by molar-refractivity contribution is 5.23. The average molecular weight is 234 g/mol. The highest BCUT2D eigenvalue weighted by Gasteiger charge is 2.30. The number of aromatic nitrogens is 1. The van der Waals surface area contributed by atoms with E-state index < -0.39 is 0 Å². The Kier molecular flexibility index (Phi) is 3.13. The molecule has 0 bridgehead atoms. The second-order valence-corrected chi connectivity index (χ2v) is 5.93. The normalized spacial score (nSPS) is 16.2. The average Bonchev–Trinajstić information content (AvgIpc) is 3.03. The summed E-state index contributed by atoms with van der Waals surface area (Å²) < 4.78 is 2.02. The SMILES string of the molecule is CNCc1ccc(C(C)(C)C)n(C2CC2)c1=O. The fraction of sp³-hybridized carbons (Fsp3) is 0.643. The molecule has 0 spiro atoms. The molecule has 1 heterocycles. The summed E-state index contributed by atoms with van der Waals surface area (Å²) in [7, 11) is 1.87. The first-order valence-corrected chi connectivity index (χ1v) is 6.34. The minimum atomic E-state index is 0.0277. The molecule has 0 radical (unpaired) electrons. The van der Waals surface area contributed by atoms with Crippen molar-refractivity contribution in [2.75, 3.05) is 7.05 Å². The fourth-order valence-corrected chi connectivity index (χ4v) is 2.23. The first kappa shape index (κ1) is 12.4. The van der Waals surface area contributed by atoms with Gasteiger partial charge in [-0.25, -0.2) is 0 Å². The molecule has 2 rings (SSSR count). The Morgan fingerprint density at radius 3 is 2.47 bits per heavy atom. The van der Waals surface area contributed by atoms with Gasteiger partial charge in [-0.05, 0) is 26.0 Å². The molecular formula is C14H22N2O. The number of nitrogens with zero attached hydrogens (tertiary/aromatic N) is 1. The summed E-state index contributed by atoms with van der Waals surface area (Å²) in [5.41, 5.74) is 2.24. The molecule has 0 aliphatic heterocycles. The summed E-state index contributed by atoms with van der Waals surface area (Å²) >= 11 is 0. The van der Waals surface area contributed by atoms with Gasteiger partial charge in [0.25, 0.3) is 5.56 Å². The first-order chi connectivity index (χ1) is 7.95. The van der Waals surface area contributed by atoms with Crippen molar-refractivity contribution in [3.63, 3.8) is 0 Å². The Balaban J connectivity index is 2.55. The first-order valence-electron chi connectivity index (χ1n) is 6.34. The van der Waals surface area contributed by atoms with Crippen molar-refractivity contribution < 1.29 is 0 Å². The minimum absolute atomic E-state index is 0.0277. The molecule has 1 saturated carbocycles. The lowest BCUT2D eigenvalue weighted by molar-refractivity contribution is 0.502. The van der Waals surface area contributed by atoms with Gasteiger partial charge < -0.3 is 9.88 Å². The zero-order valence-corrected chi connectivity index (χ0v) is 11.2. The number of hydrogen-bond donors (Lipinski definition) is 1.